The maximum absolute atomic E-state index is 10.8. The third kappa shape index (κ3) is 2.53. The van der Waals surface area contributed by atoms with Gasteiger partial charge in [0.2, 0.25) is 5.95 Å². The molecule has 96 valence electrons. The van der Waals surface area contributed by atoms with Crippen molar-refractivity contribution in [3.63, 3.8) is 0 Å². The molecule has 8 heteroatoms. The zero-order valence-corrected chi connectivity index (χ0v) is 9.52. The predicted molar refractivity (Wildman–Crippen MR) is 61.3 cm³/mol. The molecule has 2 heterocycles. The van der Waals surface area contributed by atoms with Gasteiger partial charge in [-0.1, -0.05) is 0 Å². The van der Waals surface area contributed by atoms with Crippen LogP contribution in [0.2, 0.25) is 0 Å². The van der Waals surface area contributed by atoms with Gasteiger partial charge in [-0.15, -0.1) is 0 Å². The third-order valence-electron chi connectivity index (χ3n) is 2.96. The molecular weight excluding hydrogens is 240 g/mol. The number of piperidine rings is 1. The molecule has 2 rings (SSSR count). The van der Waals surface area contributed by atoms with Crippen molar-refractivity contribution in [1.82, 2.24) is 9.97 Å². The molecule has 1 aliphatic heterocycles. The van der Waals surface area contributed by atoms with Gasteiger partial charge in [-0.05, 0) is 12.8 Å². The van der Waals surface area contributed by atoms with Gasteiger partial charge in [0.25, 0.3) is 0 Å². The number of anilines is 1. The highest BCUT2D eigenvalue weighted by Gasteiger charge is 2.25. The van der Waals surface area contributed by atoms with Crippen LogP contribution in [0.25, 0.3) is 0 Å². The summed E-state index contributed by atoms with van der Waals surface area (Å²) in [4.78, 5) is 30.4. The Balaban J connectivity index is 2.01. The molecular formula is C10H12N4O4. The van der Waals surface area contributed by atoms with Crippen molar-refractivity contribution in [1.29, 1.82) is 0 Å². The highest BCUT2D eigenvalue weighted by molar-refractivity contribution is 5.70. The van der Waals surface area contributed by atoms with E-state index < -0.39 is 10.9 Å². The van der Waals surface area contributed by atoms with Crippen LogP contribution in [0.3, 0.4) is 0 Å². The van der Waals surface area contributed by atoms with Gasteiger partial charge in [0.1, 0.15) is 12.4 Å². The second-order valence-electron chi connectivity index (χ2n) is 4.10. The number of nitro groups is 1. The van der Waals surface area contributed by atoms with Crippen LogP contribution in [0.5, 0.6) is 0 Å². The van der Waals surface area contributed by atoms with Gasteiger partial charge < -0.3 is 10.0 Å². The molecule has 0 unspecified atom stereocenters. The molecule has 0 spiro atoms. The number of carbonyl (C=O) groups is 1. The smallest absolute Gasteiger partial charge is 0.306 e. The largest absolute Gasteiger partial charge is 0.481 e. The molecule has 0 atom stereocenters. The van der Waals surface area contributed by atoms with Crippen LogP contribution in [-0.4, -0.2) is 39.1 Å². The first-order chi connectivity index (χ1) is 8.58. The molecule has 0 aromatic carbocycles. The maximum atomic E-state index is 10.8. The molecule has 1 N–H and O–H groups in total. The van der Waals surface area contributed by atoms with Gasteiger partial charge in [0.15, 0.2) is 0 Å². The normalized spacial score (nSPS) is 16.6. The van der Waals surface area contributed by atoms with Crippen LogP contribution in [0.1, 0.15) is 12.8 Å². The van der Waals surface area contributed by atoms with Crippen LogP contribution in [-0.2, 0) is 4.79 Å². The molecule has 0 radical (unpaired) electrons. The lowest BCUT2D eigenvalue weighted by molar-refractivity contribution is -0.385. The highest BCUT2D eigenvalue weighted by atomic mass is 16.6. The van der Waals surface area contributed by atoms with Crippen molar-refractivity contribution < 1.29 is 14.8 Å². The van der Waals surface area contributed by atoms with E-state index in [9.17, 15) is 14.9 Å². The van der Waals surface area contributed by atoms with Gasteiger partial charge >= 0.3 is 11.7 Å². The Morgan fingerprint density at radius 1 is 1.39 bits per heavy atom. The summed E-state index contributed by atoms with van der Waals surface area (Å²) in [7, 11) is 0. The fourth-order valence-electron chi connectivity index (χ4n) is 1.90. The van der Waals surface area contributed by atoms with E-state index in [1.807, 2.05) is 4.90 Å². The summed E-state index contributed by atoms with van der Waals surface area (Å²) < 4.78 is 0. The minimum Gasteiger partial charge on any atom is -0.481 e. The number of nitrogens with zero attached hydrogens (tertiary/aromatic N) is 4. The van der Waals surface area contributed by atoms with Crippen molar-refractivity contribution >= 4 is 17.6 Å². The lowest BCUT2D eigenvalue weighted by Crippen LogP contribution is -2.37. The average molecular weight is 252 g/mol. The van der Waals surface area contributed by atoms with E-state index in [2.05, 4.69) is 9.97 Å². The van der Waals surface area contributed by atoms with Crippen molar-refractivity contribution in [2.45, 2.75) is 12.8 Å². The lowest BCUT2D eigenvalue weighted by atomic mass is 9.97. The van der Waals surface area contributed by atoms with E-state index in [-0.39, 0.29) is 11.6 Å². The molecule has 1 aliphatic rings. The Hall–Kier alpha value is -2.25. The average Bonchev–Trinajstić information content (AvgIpc) is 2.39. The summed E-state index contributed by atoms with van der Waals surface area (Å²) in [5.41, 5.74) is -0.154. The Labute approximate surface area is 102 Å². The summed E-state index contributed by atoms with van der Waals surface area (Å²) in [6.07, 6.45) is 3.39. The van der Waals surface area contributed by atoms with Gasteiger partial charge in [0, 0.05) is 13.1 Å². The summed E-state index contributed by atoms with van der Waals surface area (Å²) in [6, 6.07) is 0. The Morgan fingerprint density at radius 2 is 1.94 bits per heavy atom. The number of carboxylic acid groups (broad SMARTS) is 1. The molecule has 18 heavy (non-hydrogen) atoms. The lowest BCUT2D eigenvalue weighted by Gasteiger charge is -2.29. The molecule has 0 aliphatic carbocycles. The molecule has 1 aromatic heterocycles. The minimum absolute atomic E-state index is 0.154. The fraction of sp³-hybridized carbons (Fsp3) is 0.500. The van der Waals surface area contributed by atoms with E-state index in [1.54, 1.807) is 0 Å². The second kappa shape index (κ2) is 4.94. The molecule has 1 fully saturated rings. The molecule has 8 nitrogen and oxygen atoms in total. The van der Waals surface area contributed by atoms with Crippen LogP contribution in [0.4, 0.5) is 11.6 Å². The first kappa shape index (κ1) is 12.2. The number of carboxylic acids is 1. The van der Waals surface area contributed by atoms with Crippen LogP contribution >= 0.6 is 0 Å². The Morgan fingerprint density at radius 3 is 2.39 bits per heavy atom. The van der Waals surface area contributed by atoms with Crippen molar-refractivity contribution in [2.24, 2.45) is 5.92 Å². The molecule has 0 bridgehead atoms. The van der Waals surface area contributed by atoms with E-state index in [1.165, 1.54) is 0 Å². The van der Waals surface area contributed by atoms with E-state index >= 15 is 0 Å². The standard InChI is InChI=1S/C10H12N4O4/c15-9(16)7-1-3-13(4-2-7)10-11-5-8(6-12-10)14(17)18/h5-7H,1-4H2,(H,15,16). The molecule has 0 amide bonds. The highest BCUT2D eigenvalue weighted by Crippen LogP contribution is 2.21. The van der Waals surface area contributed by atoms with E-state index in [4.69, 9.17) is 5.11 Å². The first-order valence-electron chi connectivity index (χ1n) is 5.52. The fourth-order valence-corrected chi connectivity index (χ4v) is 1.90. The summed E-state index contributed by atoms with van der Waals surface area (Å²) >= 11 is 0. The molecule has 1 saturated heterocycles. The summed E-state index contributed by atoms with van der Waals surface area (Å²) in [5.74, 6) is -0.692. The summed E-state index contributed by atoms with van der Waals surface area (Å²) in [6.45, 7) is 1.10. The van der Waals surface area contributed by atoms with Gasteiger partial charge in [-0.3, -0.25) is 14.9 Å². The second-order valence-corrected chi connectivity index (χ2v) is 4.10. The van der Waals surface area contributed by atoms with Crippen LogP contribution < -0.4 is 4.90 Å². The molecule has 1 aromatic rings. The van der Waals surface area contributed by atoms with Crippen LogP contribution in [0.15, 0.2) is 12.4 Å². The first-order valence-corrected chi connectivity index (χ1v) is 5.52. The zero-order chi connectivity index (χ0) is 13.1. The number of hydrogen-bond donors (Lipinski definition) is 1. The molecule has 0 saturated carbocycles. The minimum atomic E-state index is -0.778. The SMILES string of the molecule is O=C(O)C1CCN(c2ncc([N+](=O)[O-])cn2)CC1. The number of rotatable bonds is 3. The Bertz CT molecular complexity index is 453. The number of aromatic nitrogens is 2. The van der Waals surface area contributed by atoms with Crippen LogP contribution in [0, 0.1) is 16.0 Å². The van der Waals surface area contributed by atoms with Crippen molar-refractivity contribution in [2.75, 3.05) is 18.0 Å². The Kier molecular flexibility index (Phi) is 3.35. The van der Waals surface area contributed by atoms with Gasteiger partial charge in [0.05, 0.1) is 10.8 Å². The van der Waals surface area contributed by atoms with Gasteiger partial charge in [-0.2, -0.15) is 0 Å². The van der Waals surface area contributed by atoms with Gasteiger partial charge in [-0.25, -0.2) is 9.97 Å². The van der Waals surface area contributed by atoms with Crippen molar-refractivity contribution in [3.05, 3.63) is 22.5 Å². The third-order valence-corrected chi connectivity index (χ3v) is 2.96. The topological polar surface area (TPSA) is 109 Å². The monoisotopic (exact) mass is 252 g/mol. The van der Waals surface area contributed by atoms with E-state index in [0.717, 1.165) is 12.4 Å². The number of aliphatic carboxylic acids is 1. The van der Waals surface area contributed by atoms with Crippen molar-refractivity contribution in [3.8, 4) is 0 Å². The zero-order valence-electron chi connectivity index (χ0n) is 9.52. The number of hydrogen-bond acceptors (Lipinski definition) is 6. The maximum Gasteiger partial charge on any atom is 0.306 e. The summed E-state index contributed by atoms with van der Waals surface area (Å²) in [5, 5.41) is 19.3. The quantitative estimate of drug-likeness (QED) is 0.622. The van der Waals surface area contributed by atoms with E-state index in [0.29, 0.717) is 31.9 Å². The predicted octanol–water partition coefficient (Wildman–Crippen LogP) is 0.686.